The first kappa shape index (κ1) is 15.8. The minimum absolute atomic E-state index is 0.0572. The van der Waals surface area contributed by atoms with Gasteiger partial charge in [-0.15, -0.1) is 0 Å². The molecule has 21 heavy (non-hydrogen) atoms. The van der Waals surface area contributed by atoms with Crippen molar-refractivity contribution in [1.82, 2.24) is 5.32 Å². The van der Waals surface area contributed by atoms with Crippen molar-refractivity contribution in [2.45, 2.75) is 11.4 Å². The molecule has 0 radical (unpaired) electrons. The Morgan fingerprint density at radius 1 is 1.14 bits per heavy atom. The zero-order valence-electron chi connectivity index (χ0n) is 11.2. The van der Waals surface area contributed by atoms with Crippen LogP contribution in [0.2, 0.25) is 5.02 Å². The van der Waals surface area contributed by atoms with E-state index in [2.05, 4.69) is 10.0 Å². The fraction of sp³-hybridized carbons (Fsp3) is 0.143. The number of hydrogen-bond acceptors (Lipinski definition) is 3. The van der Waals surface area contributed by atoms with Crippen LogP contribution in [0.3, 0.4) is 0 Å². The van der Waals surface area contributed by atoms with Crippen molar-refractivity contribution in [2.75, 3.05) is 11.8 Å². The van der Waals surface area contributed by atoms with E-state index in [4.69, 9.17) is 11.6 Å². The molecule has 4 nitrogen and oxygen atoms in total. The molecule has 0 heterocycles. The van der Waals surface area contributed by atoms with Crippen LogP contribution in [0.25, 0.3) is 0 Å². The fourth-order valence-electron chi connectivity index (χ4n) is 1.77. The third-order valence-corrected chi connectivity index (χ3v) is 4.40. The molecule has 112 valence electrons. The highest BCUT2D eigenvalue weighted by atomic mass is 35.5. The van der Waals surface area contributed by atoms with Crippen molar-refractivity contribution in [2.24, 2.45) is 0 Å². The Bertz CT molecular complexity index is 733. The summed E-state index contributed by atoms with van der Waals surface area (Å²) in [5, 5.41) is 3.21. The number of benzene rings is 2. The number of sulfonamides is 1. The average molecular weight is 329 g/mol. The highest BCUT2D eigenvalue weighted by Crippen LogP contribution is 2.23. The van der Waals surface area contributed by atoms with Gasteiger partial charge < -0.3 is 5.32 Å². The molecule has 2 aromatic carbocycles. The van der Waals surface area contributed by atoms with Gasteiger partial charge in [-0.2, -0.15) is 0 Å². The summed E-state index contributed by atoms with van der Waals surface area (Å²) in [5.74, 6) is -0.685. The number of anilines is 1. The van der Waals surface area contributed by atoms with E-state index in [1.54, 1.807) is 19.2 Å². The van der Waals surface area contributed by atoms with Gasteiger partial charge in [0.2, 0.25) is 0 Å². The van der Waals surface area contributed by atoms with Crippen LogP contribution in [-0.2, 0) is 16.6 Å². The highest BCUT2D eigenvalue weighted by molar-refractivity contribution is 7.92. The molecule has 2 aromatic rings. The second-order valence-electron chi connectivity index (χ2n) is 4.40. The van der Waals surface area contributed by atoms with Gasteiger partial charge in [0.25, 0.3) is 10.0 Å². The van der Waals surface area contributed by atoms with Crippen LogP contribution < -0.4 is 10.0 Å². The van der Waals surface area contributed by atoms with Gasteiger partial charge in [0.15, 0.2) is 0 Å². The maximum atomic E-state index is 13.6. The Balaban J connectivity index is 2.27. The van der Waals surface area contributed by atoms with Gasteiger partial charge in [0.1, 0.15) is 5.82 Å². The summed E-state index contributed by atoms with van der Waals surface area (Å²) < 4.78 is 40.2. The predicted octanol–water partition coefficient (Wildman–Crippen LogP) is 3.00. The molecular formula is C14H14ClFN2O2S. The van der Waals surface area contributed by atoms with Gasteiger partial charge in [-0.1, -0.05) is 23.7 Å². The Kier molecular flexibility index (Phi) is 4.82. The van der Waals surface area contributed by atoms with Gasteiger partial charge in [0, 0.05) is 11.6 Å². The lowest BCUT2D eigenvalue weighted by Crippen LogP contribution is -2.14. The lowest BCUT2D eigenvalue weighted by Gasteiger charge is -2.10. The molecule has 0 aliphatic heterocycles. The van der Waals surface area contributed by atoms with Crippen molar-refractivity contribution in [1.29, 1.82) is 0 Å². The summed E-state index contributed by atoms with van der Waals surface area (Å²) in [6.45, 7) is 0.636. The molecule has 0 bridgehead atoms. The standard InChI is InChI=1S/C14H14ClFN2O2S/c1-17-9-10-2-5-12(6-3-10)21(19,20)18-14-8-11(15)4-7-13(14)16/h2-8,17-18H,9H2,1H3. The van der Waals surface area contributed by atoms with Crippen molar-refractivity contribution < 1.29 is 12.8 Å². The molecule has 7 heteroatoms. The molecule has 2 N–H and O–H groups in total. The van der Waals surface area contributed by atoms with E-state index >= 15 is 0 Å². The molecule has 0 aromatic heterocycles. The summed E-state index contributed by atoms with van der Waals surface area (Å²) in [6, 6.07) is 10.0. The van der Waals surface area contributed by atoms with E-state index < -0.39 is 15.8 Å². The summed E-state index contributed by atoms with van der Waals surface area (Å²) in [7, 11) is -2.05. The SMILES string of the molecule is CNCc1ccc(S(=O)(=O)Nc2cc(Cl)ccc2F)cc1. The molecule has 0 aliphatic carbocycles. The molecular weight excluding hydrogens is 315 g/mol. The zero-order valence-corrected chi connectivity index (χ0v) is 12.8. The van der Waals surface area contributed by atoms with Crippen molar-refractivity contribution in [3.05, 3.63) is 58.9 Å². The van der Waals surface area contributed by atoms with Crippen LogP contribution in [0, 0.1) is 5.82 Å². The first-order valence-corrected chi connectivity index (χ1v) is 8.00. The molecule has 0 aliphatic rings. The summed E-state index contributed by atoms with van der Waals surface area (Å²) in [4.78, 5) is 0.0572. The third kappa shape index (κ3) is 3.93. The zero-order chi connectivity index (χ0) is 15.5. The average Bonchev–Trinajstić information content (AvgIpc) is 2.44. The van der Waals surface area contributed by atoms with Crippen LogP contribution >= 0.6 is 11.6 Å². The van der Waals surface area contributed by atoms with Crippen molar-refractivity contribution >= 4 is 27.3 Å². The Morgan fingerprint density at radius 2 is 1.81 bits per heavy atom. The minimum atomic E-state index is -3.85. The molecule has 2 rings (SSSR count). The monoisotopic (exact) mass is 328 g/mol. The first-order chi connectivity index (χ1) is 9.92. The molecule has 0 fully saturated rings. The van der Waals surface area contributed by atoms with E-state index in [0.717, 1.165) is 11.6 Å². The summed E-state index contributed by atoms with van der Waals surface area (Å²) >= 11 is 5.74. The van der Waals surface area contributed by atoms with Gasteiger partial charge in [-0.05, 0) is 42.9 Å². The Morgan fingerprint density at radius 3 is 2.43 bits per heavy atom. The van der Waals surface area contributed by atoms with Gasteiger partial charge in [-0.3, -0.25) is 4.72 Å². The number of hydrogen-bond donors (Lipinski definition) is 2. The topological polar surface area (TPSA) is 58.2 Å². The maximum Gasteiger partial charge on any atom is 0.261 e. The van der Waals surface area contributed by atoms with E-state index in [0.29, 0.717) is 6.54 Å². The molecule has 0 saturated heterocycles. The van der Waals surface area contributed by atoms with E-state index in [1.807, 2.05) is 0 Å². The van der Waals surface area contributed by atoms with E-state index in [-0.39, 0.29) is 15.6 Å². The lowest BCUT2D eigenvalue weighted by molar-refractivity contribution is 0.598. The highest BCUT2D eigenvalue weighted by Gasteiger charge is 2.16. The smallest absolute Gasteiger partial charge is 0.261 e. The maximum absolute atomic E-state index is 13.6. The van der Waals surface area contributed by atoms with Gasteiger partial charge in [0.05, 0.1) is 10.6 Å². The second kappa shape index (κ2) is 6.43. The molecule has 0 amide bonds. The van der Waals surface area contributed by atoms with Crippen LogP contribution in [-0.4, -0.2) is 15.5 Å². The Hall–Kier alpha value is -1.63. The van der Waals surface area contributed by atoms with Crippen molar-refractivity contribution in [3.8, 4) is 0 Å². The number of rotatable bonds is 5. The molecule has 0 unspecified atom stereocenters. The van der Waals surface area contributed by atoms with Gasteiger partial charge in [-0.25, -0.2) is 12.8 Å². The van der Waals surface area contributed by atoms with Crippen LogP contribution in [0.5, 0.6) is 0 Å². The van der Waals surface area contributed by atoms with Crippen molar-refractivity contribution in [3.63, 3.8) is 0 Å². The van der Waals surface area contributed by atoms with Crippen LogP contribution in [0.1, 0.15) is 5.56 Å². The largest absolute Gasteiger partial charge is 0.316 e. The van der Waals surface area contributed by atoms with Gasteiger partial charge >= 0.3 is 0 Å². The minimum Gasteiger partial charge on any atom is -0.316 e. The number of nitrogens with one attached hydrogen (secondary N) is 2. The fourth-order valence-corrected chi connectivity index (χ4v) is 3.00. The number of halogens is 2. The predicted molar refractivity (Wildman–Crippen MR) is 81.4 cm³/mol. The normalized spacial score (nSPS) is 11.4. The summed E-state index contributed by atoms with van der Waals surface area (Å²) in [5.41, 5.74) is 0.771. The summed E-state index contributed by atoms with van der Waals surface area (Å²) in [6.07, 6.45) is 0. The second-order valence-corrected chi connectivity index (χ2v) is 6.52. The first-order valence-electron chi connectivity index (χ1n) is 6.14. The van der Waals surface area contributed by atoms with E-state index in [1.165, 1.54) is 24.3 Å². The molecule has 0 saturated carbocycles. The van der Waals surface area contributed by atoms with Crippen LogP contribution in [0.4, 0.5) is 10.1 Å². The lowest BCUT2D eigenvalue weighted by atomic mass is 10.2. The van der Waals surface area contributed by atoms with Crippen LogP contribution in [0.15, 0.2) is 47.4 Å². The molecule has 0 atom stereocenters. The Labute approximate surface area is 128 Å². The third-order valence-electron chi connectivity index (χ3n) is 2.79. The van der Waals surface area contributed by atoms with E-state index in [9.17, 15) is 12.8 Å². The quantitative estimate of drug-likeness (QED) is 0.887. The molecule has 0 spiro atoms.